The molecule has 0 unspecified atom stereocenters. The number of rotatable bonds is 12. The summed E-state index contributed by atoms with van der Waals surface area (Å²) in [5.41, 5.74) is 0. The van der Waals surface area contributed by atoms with Crippen LogP contribution < -0.4 is 5.32 Å². The standard InChI is InChI=1S/C11H25NO3/c1-3-4-6-13-8-10-15-11-9-14-7-5-12-2/h12H,3-11H2,1-2H3. The number of unbranched alkanes of at least 4 members (excludes halogenated alkanes) is 1. The van der Waals surface area contributed by atoms with Gasteiger partial charge in [0.25, 0.3) is 0 Å². The van der Waals surface area contributed by atoms with E-state index in [4.69, 9.17) is 14.2 Å². The molecule has 0 aliphatic rings. The predicted molar refractivity (Wildman–Crippen MR) is 61.3 cm³/mol. The molecule has 0 bridgehead atoms. The van der Waals surface area contributed by atoms with Crippen LogP contribution in [-0.2, 0) is 14.2 Å². The second-order valence-electron chi connectivity index (χ2n) is 3.29. The minimum Gasteiger partial charge on any atom is -0.379 e. The van der Waals surface area contributed by atoms with Crippen molar-refractivity contribution in [1.29, 1.82) is 0 Å². The third-order valence-corrected chi connectivity index (χ3v) is 1.88. The van der Waals surface area contributed by atoms with Gasteiger partial charge in [-0.25, -0.2) is 0 Å². The fourth-order valence-corrected chi connectivity index (χ4v) is 0.963. The Morgan fingerprint density at radius 2 is 1.33 bits per heavy atom. The summed E-state index contributed by atoms with van der Waals surface area (Å²) in [7, 11) is 1.91. The lowest BCUT2D eigenvalue weighted by atomic mass is 10.4. The van der Waals surface area contributed by atoms with E-state index in [0.717, 1.165) is 26.2 Å². The minimum absolute atomic E-state index is 0.654. The van der Waals surface area contributed by atoms with E-state index >= 15 is 0 Å². The first kappa shape index (κ1) is 14.8. The fraction of sp³-hybridized carbons (Fsp3) is 1.00. The maximum Gasteiger partial charge on any atom is 0.0701 e. The summed E-state index contributed by atoms with van der Waals surface area (Å²) in [5.74, 6) is 0. The highest BCUT2D eigenvalue weighted by molar-refractivity contribution is 4.37. The van der Waals surface area contributed by atoms with Crippen molar-refractivity contribution >= 4 is 0 Å². The molecule has 0 saturated heterocycles. The number of hydrogen-bond donors (Lipinski definition) is 1. The molecule has 1 N–H and O–H groups in total. The summed E-state index contributed by atoms with van der Waals surface area (Å²) in [4.78, 5) is 0. The molecule has 4 heteroatoms. The van der Waals surface area contributed by atoms with Crippen LogP contribution in [0.25, 0.3) is 0 Å². The Kier molecular flexibility index (Phi) is 13.7. The summed E-state index contributed by atoms with van der Waals surface area (Å²) in [6.45, 7) is 7.31. The van der Waals surface area contributed by atoms with Crippen molar-refractivity contribution in [2.45, 2.75) is 19.8 Å². The molecule has 4 nitrogen and oxygen atoms in total. The van der Waals surface area contributed by atoms with Crippen LogP contribution in [0.1, 0.15) is 19.8 Å². The Bertz CT molecular complexity index is 100. The molecule has 0 rings (SSSR count). The molecule has 0 aliphatic carbocycles. The molecule has 0 radical (unpaired) electrons. The minimum atomic E-state index is 0.654. The topological polar surface area (TPSA) is 39.7 Å². The first-order valence-corrected chi connectivity index (χ1v) is 5.79. The molecule has 0 aliphatic heterocycles. The van der Waals surface area contributed by atoms with Gasteiger partial charge in [0.15, 0.2) is 0 Å². The third-order valence-electron chi connectivity index (χ3n) is 1.88. The van der Waals surface area contributed by atoms with E-state index in [1.165, 1.54) is 6.42 Å². The lowest BCUT2D eigenvalue weighted by Crippen LogP contribution is -2.16. The van der Waals surface area contributed by atoms with E-state index in [2.05, 4.69) is 12.2 Å². The molecular formula is C11H25NO3. The van der Waals surface area contributed by atoms with Crippen LogP contribution in [0.5, 0.6) is 0 Å². The van der Waals surface area contributed by atoms with Crippen molar-refractivity contribution in [3.05, 3.63) is 0 Å². The molecule has 0 heterocycles. The lowest BCUT2D eigenvalue weighted by molar-refractivity contribution is 0.0148. The highest BCUT2D eigenvalue weighted by Gasteiger charge is 1.90. The van der Waals surface area contributed by atoms with Gasteiger partial charge in [-0.3, -0.25) is 0 Å². The molecule has 0 amide bonds. The zero-order valence-corrected chi connectivity index (χ0v) is 10.1. The van der Waals surface area contributed by atoms with E-state index in [0.29, 0.717) is 26.4 Å². The Labute approximate surface area is 93.3 Å². The van der Waals surface area contributed by atoms with Crippen LogP contribution >= 0.6 is 0 Å². The second kappa shape index (κ2) is 13.8. The smallest absolute Gasteiger partial charge is 0.0701 e. The van der Waals surface area contributed by atoms with E-state index in [1.807, 2.05) is 7.05 Å². The van der Waals surface area contributed by atoms with E-state index < -0.39 is 0 Å². The van der Waals surface area contributed by atoms with Gasteiger partial charge >= 0.3 is 0 Å². The SMILES string of the molecule is CCCCOCCOCCOCCNC. The number of hydrogen-bond acceptors (Lipinski definition) is 4. The Balaban J connectivity index is 2.81. The molecule has 15 heavy (non-hydrogen) atoms. The van der Waals surface area contributed by atoms with Gasteiger partial charge in [0, 0.05) is 13.2 Å². The molecule has 0 saturated carbocycles. The maximum absolute atomic E-state index is 5.34. The maximum atomic E-state index is 5.34. The average molecular weight is 219 g/mol. The Morgan fingerprint density at radius 3 is 1.87 bits per heavy atom. The molecule has 0 atom stereocenters. The average Bonchev–Trinajstić information content (AvgIpc) is 2.26. The number of nitrogens with one attached hydrogen (secondary N) is 1. The summed E-state index contributed by atoms with van der Waals surface area (Å²) >= 11 is 0. The van der Waals surface area contributed by atoms with E-state index in [-0.39, 0.29) is 0 Å². The van der Waals surface area contributed by atoms with Crippen LogP contribution in [0.15, 0.2) is 0 Å². The van der Waals surface area contributed by atoms with Crippen molar-refractivity contribution in [1.82, 2.24) is 5.32 Å². The van der Waals surface area contributed by atoms with Gasteiger partial charge in [-0.2, -0.15) is 0 Å². The molecule has 0 aromatic rings. The lowest BCUT2D eigenvalue weighted by Gasteiger charge is -2.06. The van der Waals surface area contributed by atoms with Crippen LogP contribution in [0.3, 0.4) is 0 Å². The molecule has 0 aromatic heterocycles. The van der Waals surface area contributed by atoms with Crippen molar-refractivity contribution < 1.29 is 14.2 Å². The van der Waals surface area contributed by atoms with Crippen molar-refractivity contribution in [3.63, 3.8) is 0 Å². The number of ether oxygens (including phenoxy) is 3. The van der Waals surface area contributed by atoms with Crippen LogP contribution in [-0.4, -0.2) is 53.2 Å². The van der Waals surface area contributed by atoms with Crippen LogP contribution in [0.2, 0.25) is 0 Å². The molecule has 92 valence electrons. The molecule has 0 spiro atoms. The van der Waals surface area contributed by atoms with Gasteiger partial charge in [-0.15, -0.1) is 0 Å². The van der Waals surface area contributed by atoms with Crippen LogP contribution in [0, 0.1) is 0 Å². The van der Waals surface area contributed by atoms with Gasteiger partial charge in [-0.05, 0) is 13.5 Å². The summed E-state index contributed by atoms with van der Waals surface area (Å²) < 4.78 is 16.0. The first-order chi connectivity index (χ1) is 7.41. The van der Waals surface area contributed by atoms with Crippen LogP contribution in [0.4, 0.5) is 0 Å². The largest absolute Gasteiger partial charge is 0.379 e. The molecule has 0 fully saturated rings. The highest BCUT2D eigenvalue weighted by Crippen LogP contribution is 1.87. The summed E-state index contributed by atoms with van der Waals surface area (Å²) in [6, 6.07) is 0. The zero-order valence-electron chi connectivity index (χ0n) is 10.1. The Hall–Kier alpha value is -0.160. The van der Waals surface area contributed by atoms with Crippen molar-refractivity contribution in [3.8, 4) is 0 Å². The van der Waals surface area contributed by atoms with E-state index in [1.54, 1.807) is 0 Å². The van der Waals surface area contributed by atoms with Gasteiger partial charge in [-0.1, -0.05) is 13.3 Å². The Morgan fingerprint density at radius 1 is 0.800 bits per heavy atom. The van der Waals surface area contributed by atoms with Gasteiger partial charge in [0.05, 0.1) is 33.0 Å². The summed E-state index contributed by atoms with van der Waals surface area (Å²) in [5, 5.41) is 3.01. The molecule has 0 aromatic carbocycles. The molecular weight excluding hydrogens is 194 g/mol. The van der Waals surface area contributed by atoms with E-state index in [9.17, 15) is 0 Å². The summed E-state index contributed by atoms with van der Waals surface area (Å²) in [6.07, 6.45) is 2.31. The van der Waals surface area contributed by atoms with Gasteiger partial charge in [0.1, 0.15) is 0 Å². The number of likely N-dealkylation sites (N-methyl/N-ethyl adjacent to an activating group) is 1. The second-order valence-corrected chi connectivity index (χ2v) is 3.29. The third kappa shape index (κ3) is 13.8. The monoisotopic (exact) mass is 219 g/mol. The fourth-order valence-electron chi connectivity index (χ4n) is 0.963. The predicted octanol–water partition coefficient (Wildman–Crippen LogP) is 1.06. The quantitative estimate of drug-likeness (QED) is 0.498. The van der Waals surface area contributed by atoms with Gasteiger partial charge < -0.3 is 19.5 Å². The first-order valence-electron chi connectivity index (χ1n) is 5.79. The highest BCUT2D eigenvalue weighted by atomic mass is 16.5. The van der Waals surface area contributed by atoms with Crippen molar-refractivity contribution in [2.24, 2.45) is 0 Å². The zero-order chi connectivity index (χ0) is 11.2. The van der Waals surface area contributed by atoms with Gasteiger partial charge in [0.2, 0.25) is 0 Å². The normalized spacial score (nSPS) is 10.8. The van der Waals surface area contributed by atoms with Crippen molar-refractivity contribution in [2.75, 3.05) is 53.2 Å².